The first-order valence-corrected chi connectivity index (χ1v) is 9.48. The van der Waals surface area contributed by atoms with Crippen molar-refractivity contribution >= 4 is 15.9 Å². The first-order valence-electron chi connectivity index (χ1n) is 7.63. The molecule has 0 unspecified atom stereocenters. The van der Waals surface area contributed by atoms with E-state index in [0.717, 1.165) is 29.0 Å². The molecule has 0 spiro atoms. The summed E-state index contributed by atoms with van der Waals surface area (Å²) < 4.78 is 23.9. The van der Waals surface area contributed by atoms with Gasteiger partial charge in [-0.15, -0.1) is 0 Å². The normalized spacial score (nSPS) is 17.6. The SMILES string of the molecule is CN(CC(=O)N[C@H](c1ccccc1)C1CCCC1)S(C)(=O)=O. The Labute approximate surface area is 132 Å². The average Bonchev–Trinajstić information content (AvgIpc) is 2.98. The molecule has 0 radical (unpaired) electrons. The number of benzene rings is 1. The molecule has 0 heterocycles. The quantitative estimate of drug-likeness (QED) is 0.869. The molecule has 2 rings (SSSR count). The first kappa shape index (κ1) is 17.0. The van der Waals surface area contributed by atoms with Crippen LogP contribution < -0.4 is 5.32 Å². The number of nitrogens with zero attached hydrogens (tertiary/aromatic N) is 1. The lowest BCUT2D eigenvalue weighted by Crippen LogP contribution is -2.41. The number of carbonyl (C=O) groups is 1. The molecule has 22 heavy (non-hydrogen) atoms. The number of likely N-dealkylation sites (N-methyl/N-ethyl adjacent to an activating group) is 1. The van der Waals surface area contributed by atoms with Gasteiger partial charge in [0.1, 0.15) is 0 Å². The van der Waals surface area contributed by atoms with Crippen molar-refractivity contribution in [3.63, 3.8) is 0 Å². The van der Waals surface area contributed by atoms with Crippen molar-refractivity contribution in [3.05, 3.63) is 35.9 Å². The Bertz CT molecular complexity index is 595. The Morgan fingerprint density at radius 1 is 1.27 bits per heavy atom. The van der Waals surface area contributed by atoms with Crippen molar-refractivity contribution in [1.82, 2.24) is 9.62 Å². The van der Waals surface area contributed by atoms with Crippen molar-refractivity contribution in [2.75, 3.05) is 19.8 Å². The minimum absolute atomic E-state index is 0.0378. The monoisotopic (exact) mass is 324 g/mol. The highest BCUT2D eigenvalue weighted by atomic mass is 32.2. The lowest BCUT2D eigenvalue weighted by Gasteiger charge is -2.26. The van der Waals surface area contributed by atoms with Gasteiger partial charge in [-0.3, -0.25) is 4.79 Å². The van der Waals surface area contributed by atoms with Crippen LogP contribution in [0.15, 0.2) is 30.3 Å². The van der Waals surface area contributed by atoms with E-state index in [0.29, 0.717) is 5.92 Å². The van der Waals surface area contributed by atoms with Gasteiger partial charge in [0.15, 0.2) is 0 Å². The third-order valence-corrected chi connectivity index (χ3v) is 5.54. The van der Waals surface area contributed by atoms with Crippen LogP contribution in [0.4, 0.5) is 0 Å². The van der Waals surface area contributed by atoms with E-state index in [9.17, 15) is 13.2 Å². The summed E-state index contributed by atoms with van der Waals surface area (Å²) in [5.41, 5.74) is 1.09. The molecule has 6 heteroatoms. The molecular formula is C16H24N2O3S. The highest BCUT2D eigenvalue weighted by Crippen LogP contribution is 2.35. The van der Waals surface area contributed by atoms with Crippen LogP contribution in [-0.2, 0) is 14.8 Å². The predicted octanol–water partition coefficient (Wildman–Crippen LogP) is 1.93. The van der Waals surface area contributed by atoms with E-state index in [2.05, 4.69) is 5.32 Å². The number of carbonyl (C=O) groups excluding carboxylic acids is 1. The minimum Gasteiger partial charge on any atom is -0.348 e. The number of hydrogen-bond acceptors (Lipinski definition) is 3. The summed E-state index contributed by atoms with van der Waals surface area (Å²) in [6, 6.07) is 9.88. The Kier molecular flexibility index (Phi) is 5.58. The zero-order chi connectivity index (χ0) is 16.2. The lowest BCUT2D eigenvalue weighted by atomic mass is 9.91. The van der Waals surface area contributed by atoms with E-state index in [4.69, 9.17) is 0 Å². The molecule has 1 aromatic carbocycles. The standard InChI is InChI=1S/C16H24N2O3S/c1-18(22(2,20)21)12-15(19)17-16(14-10-6-7-11-14)13-8-4-3-5-9-13/h3-5,8-9,14,16H,6-7,10-12H2,1-2H3,(H,17,19)/t16-/m1/s1. The van der Waals surface area contributed by atoms with Crippen LogP contribution in [0.5, 0.6) is 0 Å². The second kappa shape index (κ2) is 7.24. The smallest absolute Gasteiger partial charge is 0.235 e. The second-order valence-corrected chi connectivity index (χ2v) is 8.11. The summed E-state index contributed by atoms with van der Waals surface area (Å²) in [7, 11) is -1.93. The molecule has 0 aromatic heterocycles. The molecule has 1 aliphatic carbocycles. The zero-order valence-electron chi connectivity index (χ0n) is 13.2. The van der Waals surface area contributed by atoms with Gasteiger partial charge in [-0.05, 0) is 24.3 Å². The molecule has 1 amide bonds. The lowest BCUT2D eigenvalue weighted by molar-refractivity contribution is -0.122. The summed E-state index contributed by atoms with van der Waals surface area (Å²) in [6.45, 7) is -0.144. The van der Waals surface area contributed by atoms with Gasteiger partial charge >= 0.3 is 0 Å². The maximum atomic E-state index is 12.2. The van der Waals surface area contributed by atoms with Crippen molar-refractivity contribution < 1.29 is 13.2 Å². The molecule has 0 saturated heterocycles. The fraction of sp³-hybridized carbons (Fsp3) is 0.562. The molecular weight excluding hydrogens is 300 g/mol. The number of nitrogens with one attached hydrogen (secondary N) is 1. The number of sulfonamides is 1. The molecule has 122 valence electrons. The molecule has 1 aliphatic rings. The highest BCUT2D eigenvalue weighted by Gasteiger charge is 2.28. The molecule has 0 aliphatic heterocycles. The molecule has 0 bridgehead atoms. The maximum Gasteiger partial charge on any atom is 0.235 e. The summed E-state index contributed by atoms with van der Waals surface area (Å²) in [5, 5.41) is 3.03. The van der Waals surface area contributed by atoms with Gasteiger partial charge < -0.3 is 5.32 Å². The van der Waals surface area contributed by atoms with Crippen molar-refractivity contribution in [1.29, 1.82) is 0 Å². The Morgan fingerprint density at radius 3 is 2.41 bits per heavy atom. The van der Waals surface area contributed by atoms with Crippen molar-refractivity contribution in [2.45, 2.75) is 31.7 Å². The third-order valence-electron chi connectivity index (χ3n) is 4.28. The number of hydrogen-bond donors (Lipinski definition) is 1. The van der Waals surface area contributed by atoms with Crippen LogP contribution >= 0.6 is 0 Å². The van der Waals surface area contributed by atoms with Gasteiger partial charge in [0.05, 0.1) is 18.8 Å². The number of rotatable bonds is 6. The van der Waals surface area contributed by atoms with E-state index in [1.807, 2.05) is 30.3 Å². The van der Waals surface area contributed by atoms with Gasteiger partial charge in [0.25, 0.3) is 0 Å². The van der Waals surface area contributed by atoms with Crippen LogP contribution in [0, 0.1) is 5.92 Å². The average molecular weight is 324 g/mol. The second-order valence-electron chi connectivity index (χ2n) is 6.02. The van der Waals surface area contributed by atoms with E-state index < -0.39 is 10.0 Å². The largest absolute Gasteiger partial charge is 0.348 e. The highest BCUT2D eigenvalue weighted by molar-refractivity contribution is 7.88. The zero-order valence-corrected chi connectivity index (χ0v) is 14.0. The van der Waals surface area contributed by atoms with Crippen LogP contribution in [0.3, 0.4) is 0 Å². The topological polar surface area (TPSA) is 66.5 Å². The van der Waals surface area contributed by atoms with E-state index >= 15 is 0 Å². The Morgan fingerprint density at radius 2 is 1.86 bits per heavy atom. The first-order chi connectivity index (χ1) is 10.4. The molecule has 5 nitrogen and oxygen atoms in total. The molecule has 1 fully saturated rings. The summed E-state index contributed by atoms with van der Waals surface area (Å²) in [6.07, 6.45) is 5.68. The van der Waals surface area contributed by atoms with Crippen LogP contribution in [0.25, 0.3) is 0 Å². The summed E-state index contributed by atoms with van der Waals surface area (Å²) in [5.74, 6) is 0.170. The van der Waals surface area contributed by atoms with Gasteiger partial charge in [0, 0.05) is 7.05 Å². The minimum atomic E-state index is -3.34. The van der Waals surface area contributed by atoms with E-state index in [-0.39, 0.29) is 18.5 Å². The third kappa shape index (κ3) is 4.55. The van der Waals surface area contributed by atoms with Gasteiger partial charge in [0.2, 0.25) is 15.9 Å². The summed E-state index contributed by atoms with van der Waals surface area (Å²) >= 11 is 0. The van der Waals surface area contributed by atoms with Gasteiger partial charge in [-0.2, -0.15) is 4.31 Å². The Balaban J connectivity index is 2.08. The summed E-state index contributed by atoms with van der Waals surface area (Å²) in [4.78, 5) is 12.2. The van der Waals surface area contributed by atoms with Gasteiger partial charge in [-0.1, -0.05) is 43.2 Å². The molecule has 1 aromatic rings. The number of amides is 1. The van der Waals surface area contributed by atoms with Crippen LogP contribution in [-0.4, -0.2) is 38.5 Å². The fourth-order valence-electron chi connectivity index (χ4n) is 2.96. The van der Waals surface area contributed by atoms with E-state index in [1.54, 1.807) is 0 Å². The Hall–Kier alpha value is -1.40. The molecule has 1 atom stereocenters. The van der Waals surface area contributed by atoms with Gasteiger partial charge in [-0.25, -0.2) is 8.42 Å². The maximum absolute atomic E-state index is 12.2. The molecule has 1 saturated carbocycles. The van der Waals surface area contributed by atoms with E-state index in [1.165, 1.54) is 19.9 Å². The van der Waals surface area contributed by atoms with Crippen molar-refractivity contribution in [2.24, 2.45) is 5.92 Å². The van der Waals surface area contributed by atoms with Crippen LogP contribution in [0.1, 0.15) is 37.3 Å². The molecule has 1 N–H and O–H groups in total. The van der Waals surface area contributed by atoms with Crippen LogP contribution in [0.2, 0.25) is 0 Å². The fourth-order valence-corrected chi connectivity index (χ4v) is 3.31. The predicted molar refractivity (Wildman–Crippen MR) is 86.8 cm³/mol. The van der Waals surface area contributed by atoms with Crippen molar-refractivity contribution in [3.8, 4) is 0 Å².